The van der Waals surface area contributed by atoms with Gasteiger partial charge in [0.15, 0.2) is 0 Å². The van der Waals surface area contributed by atoms with Crippen LogP contribution in [0.15, 0.2) is 9.98 Å². The van der Waals surface area contributed by atoms with E-state index in [9.17, 15) is 0 Å². The molecule has 0 rings (SSSR count). The van der Waals surface area contributed by atoms with Crippen LogP contribution in [0, 0.1) is 0 Å². The van der Waals surface area contributed by atoms with Gasteiger partial charge in [-0.1, -0.05) is 0 Å². The molecule has 25 heavy (non-hydrogen) atoms. The van der Waals surface area contributed by atoms with Gasteiger partial charge in [-0.15, -0.1) is 0 Å². The maximum absolute atomic E-state index is 4.50. The van der Waals surface area contributed by atoms with Crippen LogP contribution in [0.25, 0.3) is 0 Å². The van der Waals surface area contributed by atoms with Crippen molar-refractivity contribution in [1.29, 1.82) is 0 Å². The van der Waals surface area contributed by atoms with Crippen molar-refractivity contribution in [3.05, 3.63) is 0 Å². The monoisotopic (exact) mass is 396 g/mol. The van der Waals surface area contributed by atoms with Gasteiger partial charge in [0.25, 0.3) is 0 Å². The standard InChI is InChI=1S/2C10H22N2.Fe/c2*1-8(11-9(2,3)4)12-10(5,6)7;/h2*1-7H3,(H,11,12);. The van der Waals surface area contributed by atoms with Crippen molar-refractivity contribution in [3.8, 4) is 0 Å². The third kappa shape index (κ3) is 28.5. The predicted molar refractivity (Wildman–Crippen MR) is 112 cm³/mol. The third-order valence-electron chi connectivity index (χ3n) is 2.12. The van der Waals surface area contributed by atoms with E-state index in [1.165, 1.54) is 0 Å². The number of nitrogens with one attached hydrogen (secondary N) is 2. The summed E-state index contributed by atoms with van der Waals surface area (Å²) in [5.74, 6) is 2.02. The fraction of sp³-hybridized carbons (Fsp3) is 0.900. The first kappa shape index (κ1) is 29.2. The van der Waals surface area contributed by atoms with Crippen molar-refractivity contribution < 1.29 is 17.1 Å². The van der Waals surface area contributed by atoms with Crippen LogP contribution >= 0.6 is 0 Å². The van der Waals surface area contributed by atoms with E-state index in [-0.39, 0.29) is 39.2 Å². The molecule has 0 aliphatic heterocycles. The van der Waals surface area contributed by atoms with Crippen LogP contribution in [-0.2, 0) is 17.1 Å². The fourth-order valence-electron chi connectivity index (χ4n) is 2.15. The number of nitrogens with zero attached hydrogens (tertiary/aromatic N) is 2. The van der Waals surface area contributed by atoms with Crippen LogP contribution in [0.3, 0.4) is 0 Å². The van der Waals surface area contributed by atoms with Crippen LogP contribution in [0.1, 0.15) is 96.9 Å². The van der Waals surface area contributed by atoms with Gasteiger partial charge >= 0.3 is 0 Å². The Bertz CT molecular complexity index is 383. The Morgan fingerprint density at radius 3 is 0.840 bits per heavy atom. The first-order chi connectivity index (χ1) is 10.2. The summed E-state index contributed by atoms with van der Waals surface area (Å²) in [4.78, 5) is 9.00. The normalized spacial score (nSPS) is 14.2. The molecule has 0 saturated heterocycles. The summed E-state index contributed by atoms with van der Waals surface area (Å²) in [6.07, 6.45) is 0. The van der Waals surface area contributed by atoms with Crippen LogP contribution in [0.2, 0.25) is 0 Å². The fourth-order valence-corrected chi connectivity index (χ4v) is 2.15. The van der Waals surface area contributed by atoms with Crippen molar-refractivity contribution in [2.24, 2.45) is 9.98 Å². The van der Waals surface area contributed by atoms with Gasteiger partial charge in [-0.2, -0.15) is 0 Å². The molecule has 0 aromatic rings. The Hall–Kier alpha value is -0.541. The second-order valence-electron chi connectivity index (χ2n) is 10.5. The second-order valence-corrected chi connectivity index (χ2v) is 10.5. The van der Waals surface area contributed by atoms with Crippen molar-refractivity contribution in [2.75, 3.05) is 0 Å². The van der Waals surface area contributed by atoms with Gasteiger partial charge in [-0.3, -0.25) is 9.98 Å². The summed E-state index contributed by atoms with van der Waals surface area (Å²) in [7, 11) is 0. The van der Waals surface area contributed by atoms with Crippen LogP contribution in [0.5, 0.6) is 0 Å². The molecule has 4 nitrogen and oxygen atoms in total. The molecule has 0 spiro atoms. The maximum Gasteiger partial charge on any atom is 0.0942 e. The second kappa shape index (κ2) is 10.6. The van der Waals surface area contributed by atoms with E-state index >= 15 is 0 Å². The molecule has 0 bridgehead atoms. The van der Waals surface area contributed by atoms with Crippen molar-refractivity contribution in [1.82, 2.24) is 10.6 Å². The topological polar surface area (TPSA) is 48.8 Å². The Labute approximate surface area is 168 Å². The number of aliphatic imine (C=N–C) groups is 2. The smallest absolute Gasteiger partial charge is 0.0942 e. The Kier molecular flexibility index (Phi) is 12.4. The SMILES string of the molecule is CC(=NC(C)(C)C)NC(C)(C)C.CC(=NC(C)(C)C)NC(C)(C)C.[Fe]. The quantitative estimate of drug-likeness (QED) is 0.337. The average Bonchev–Trinajstić information content (AvgIpc) is 2.02. The van der Waals surface area contributed by atoms with E-state index < -0.39 is 0 Å². The van der Waals surface area contributed by atoms with Gasteiger partial charge in [-0.25, -0.2) is 0 Å². The van der Waals surface area contributed by atoms with Gasteiger partial charge in [0.1, 0.15) is 0 Å². The number of hydrogen-bond donors (Lipinski definition) is 2. The summed E-state index contributed by atoms with van der Waals surface area (Å²) < 4.78 is 0. The maximum atomic E-state index is 4.50. The summed E-state index contributed by atoms with van der Waals surface area (Å²) in [5.41, 5.74) is 0.252. The van der Waals surface area contributed by atoms with Gasteiger partial charge in [0.2, 0.25) is 0 Å². The molecule has 0 aromatic heterocycles. The largest absolute Gasteiger partial charge is 0.369 e. The molecule has 0 amide bonds. The minimum Gasteiger partial charge on any atom is -0.369 e. The molecule has 152 valence electrons. The molecule has 5 heteroatoms. The number of amidine groups is 2. The Morgan fingerprint density at radius 2 is 0.720 bits per heavy atom. The first-order valence-electron chi connectivity index (χ1n) is 8.89. The molecule has 0 unspecified atom stereocenters. The van der Waals surface area contributed by atoms with E-state index in [0.717, 1.165) is 11.7 Å². The summed E-state index contributed by atoms with van der Waals surface area (Å²) >= 11 is 0. The number of hydrogen-bond acceptors (Lipinski definition) is 2. The summed E-state index contributed by atoms with van der Waals surface area (Å²) in [6.45, 7) is 29.4. The van der Waals surface area contributed by atoms with Crippen LogP contribution in [-0.4, -0.2) is 33.8 Å². The van der Waals surface area contributed by atoms with Crippen LogP contribution in [0.4, 0.5) is 0 Å². The zero-order chi connectivity index (χ0) is 20.0. The first-order valence-corrected chi connectivity index (χ1v) is 8.89. The van der Waals surface area contributed by atoms with Crippen molar-refractivity contribution in [3.63, 3.8) is 0 Å². The minimum atomic E-state index is 0. The minimum absolute atomic E-state index is 0. The molecular weight excluding hydrogens is 352 g/mol. The predicted octanol–water partition coefficient (Wildman–Crippen LogP) is 5.18. The van der Waals surface area contributed by atoms with Gasteiger partial charge < -0.3 is 10.6 Å². The van der Waals surface area contributed by atoms with E-state index in [0.29, 0.717) is 0 Å². The molecule has 2 N–H and O–H groups in total. The zero-order valence-corrected chi connectivity index (χ0v) is 20.4. The molecule has 0 radical (unpaired) electrons. The van der Waals surface area contributed by atoms with Crippen molar-refractivity contribution >= 4 is 11.7 Å². The molecule has 0 atom stereocenters. The van der Waals surface area contributed by atoms with E-state index in [4.69, 9.17) is 0 Å². The molecule has 0 aromatic carbocycles. The summed E-state index contributed by atoms with van der Waals surface area (Å²) in [5, 5.41) is 6.65. The van der Waals surface area contributed by atoms with Gasteiger partial charge in [-0.05, 0) is 96.9 Å². The molecule has 0 aliphatic rings. The van der Waals surface area contributed by atoms with Crippen LogP contribution < -0.4 is 10.6 Å². The molecule has 0 fully saturated rings. The van der Waals surface area contributed by atoms with E-state index in [1.807, 2.05) is 13.8 Å². The van der Waals surface area contributed by atoms with Gasteiger partial charge in [0, 0.05) is 28.1 Å². The molecule has 0 heterocycles. The van der Waals surface area contributed by atoms with Crippen molar-refractivity contribution in [2.45, 2.75) is 119 Å². The summed E-state index contributed by atoms with van der Waals surface area (Å²) in [6, 6.07) is 0. The number of rotatable bonds is 0. The zero-order valence-electron chi connectivity index (χ0n) is 19.2. The van der Waals surface area contributed by atoms with E-state index in [1.54, 1.807) is 0 Å². The average molecular weight is 396 g/mol. The Balaban J connectivity index is -0.000000372. The Morgan fingerprint density at radius 1 is 0.520 bits per heavy atom. The van der Waals surface area contributed by atoms with Gasteiger partial charge in [0.05, 0.1) is 22.7 Å². The third-order valence-corrected chi connectivity index (χ3v) is 2.12. The molecular formula is C20H44FeN4. The van der Waals surface area contributed by atoms with E-state index in [2.05, 4.69) is 104 Å². The molecule has 0 aliphatic carbocycles. The molecule has 0 saturated carbocycles.